The quantitative estimate of drug-likeness (QED) is 0.783. The molecule has 0 aliphatic heterocycles. The average molecular weight is 249 g/mol. The van der Waals surface area contributed by atoms with Gasteiger partial charge in [-0.1, -0.05) is 38.8 Å². The molecule has 0 aliphatic carbocycles. The standard InChI is InChI=1S/C16H27NO/c1-6-13(7-2)16(17-5)14-9-8-10-15(11-14)18-12(3)4/h8-13,16-17H,6-7H2,1-5H3. The van der Waals surface area contributed by atoms with Crippen LogP contribution in [0.2, 0.25) is 0 Å². The fourth-order valence-corrected chi connectivity index (χ4v) is 2.49. The first kappa shape index (κ1) is 15.0. The lowest BCUT2D eigenvalue weighted by Gasteiger charge is -2.26. The van der Waals surface area contributed by atoms with Crippen LogP contribution in [-0.4, -0.2) is 13.2 Å². The maximum Gasteiger partial charge on any atom is 0.120 e. The molecule has 1 rings (SSSR count). The van der Waals surface area contributed by atoms with Crippen LogP contribution in [0.5, 0.6) is 5.75 Å². The van der Waals surface area contributed by atoms with E-state index in [0.29, 0.717) is 12.0 Å². The van der Waals surface area contributed by atoms with Crippen molar-refractivity contribution in [1.29, 1.82) is 0 Å². The Labute approximate surface area is 112 Å². The van der Waals surface area contributed by atoms with E-state index >= 15 is 0 Å². The summed E-state index contributed by atoms with van der Waals surface area (Å²) in [6.07, 6.45) is 2.61. The minimum absolute atomic E-state index is 0.224. The summed E-state index contributed by atoms with van der Waals surface area (Å²) >= 11 is 0. The molecule has 0 aromatic heterocycles. The molecule has 0 saturated heterocycles. The van der Waals surface area contributed by atoms with Gasteiger partial charge in [-0.3, -0.25) is 0 Å². The zero-order valence-electron chi connectivity index (χ0n) is 12.4. The predicted molar refractivity (Wildman–Crippen MR) is 78.1 cm³/mol. The van der Waals surface area contributed by atoms with Gasteiger partial charge in [-0.05, 0) is 44.5 Å². The van der Waals surface area contributed by atoms with E-state index in [-0.39, 0.29) is 6.10 Å². The Morgan fingerprint density at radius 1 is 1.17 bits per heavy atom. The SMILES string of the molecule is CCC(CC)C(NC)c1cccc(OC(C)C)c1. The number of hydrogen-bond acceptors (Lipinski definition) is 2. The summed E-state index contributed by atoms with van der Waals surface area (Å²) in [5, 5.41) is 3.45. The molecule has 0 bridgehead atoms. The van der Waals surface area contributed by atoms with Gasteiger partial charge in [0.15, 0.2) is 0 Å². The third-order valence-corrected chi connectivity index (χ3v) is 3.42. The molecule has 1 N–H and O–H groups in total. The lowest BCUT2D eigenvalue weighted by molar-refractivity contribution is 0.241. The van der Waals surface area contributed by atoms with Crippen LogP contribution >= 0.6 is 0 Å². The van der Waals surface area contributed by atoms with Crippen molar-refractivity contribution >= 4 is 0 Å². The van der Waals surface area contributed by atoms with Gasteiger partial charge in [0.25, 0.3) is 0 Å². The Morgan fingerprint density at radius 2 is 1.83 bits per heavy atom. The van der Waals surface area contributed by atoms with Gasteiger partial charge in [0.05, 0.1) is 6.10 Å². The summed E-state index contributed by atoms with van der Waals surface area (Å²) in [7, 11) is 2.04. The molecule has 1 aromatic rings. The Hall–Kier alpha value is -1.02. The highest BCUT2D eigenvalue weighted by Crippen LogP contribution is 2.29. The first-order valence-electron chi connectivity index (χ1n) is 7.06. The number of nitrogens with one attached hydrogen (secondary N) is 1. The molecule has 102 valence electrons. The molecule has 0 saturated carbocycles. The second-order valence-electron chi connectivity index (χ2n) is 5.08. The van der Waals surface area contributed by atoms with E-state index in [4.69, 9.17) is 4.74 Å². The molecule has 0 spiro atoms. The molecular weight excluding hydrogens is 222 g/mol. The van der Waals surface area contributed by atoms with Gasteiger partial charge in [-0.15, -0.1) is 0 Å². The van der Waals surface area contributed by atoms with Crippen molar-refractivity contribution < 1.29 is 4.74 Å². The highest BCUT2D eigenvalue weighted by Gasteiger charge is 2.18. The highest BCUT2D eigenvalue weighted by molar-refractivity contribution is 5.31. The third-order valence-electron chi connectivity index (χ3n) is 3.42. The molecular formula is C16H27NO. The summed E-state index contributed by atoms with van der Waals surface area (Å²) in [5.41, 5.74) is 1.32. The molecule has 2 nitrogen and oxygen atoms in total. The van der Waals surface area contributed by atoms with Crippen molar-refractivity contribution in [2.24, 2.45) is 5.92 Å². The topological polar surface area (TPSA) is 21.3 Å². The van der Waals surface area contributed by atoms with Crippen LogP contribution in [0.1, 0.15) is 52.1 Å². The van der Waals surface area contributed by atoms with Crippen molar-refractivity contribution in [1.82, 2.24) is 5.32 Å². The molecule has 0 aliphatic rings. The van der Waals surface area contributed by atoms with E-state index in [1.54, 1.807) is 0 Å². The maximum absolute atomic E-state index is 5.77. The van der Waals surface area contributed by atoms with E-state index in [1.807, 2.05) is 13.1 Å². The summed E-state index contributed by atoms with van der Waals surface area (Å²) in [6.45, 7) is 8.63. The smallest absolute Gasteiger partial charge is 0.120 e. The van der Waals surface area contributed by atoms with E-state index in [2.05, 4.69) is 51.2 Å². The van der Waals surface area contributed by atoms with Crippen molar-refractivity contribution in [3.05, 3.63) is 29.8 Å². The zero-order chi connectivity index (χ0) is 13.5. The summed E-state index contributed by atoms with van der Waals surface area (Å²) in [5.74, 6) is 1.64. The van der Waals surface area contributed by atoms with Gasteiger partial charge in [0, 0.05) is 6.04 Å². The molecule has 1 unspecified atom stereocenters. The maximum atomic E-state index is 5.77. The van der Waals surface area contributed by atoms with E-state index in [0.717, 1.165) is 5.75 Å². The Bertz CT molecular complexity index is 345. The van der Waals surface area contributed by atoms with Gasteiger partial charge in [0.2, 0.25) is 0 Å². The van der Waals surface area contributed by atoms with Gasteiger partial charge in [-0.2, -0.15) is 0 Å². The van der Waals surface area contributed by atoms with E-state index in [9.17, 15) is 0 Å². The van der Waals surface area contributed by atoms with Gasteiger partial charge in [-0.25, -0.2) is 0 Å². The van der Waals surface area contributed by atoms with Crippen LogP contribution in [0, 0.1) is 5.92 Å². The van der Waals surface area contributed by atoms with Crippen LogP contribution in [0.3, 0.4) is 0 Å². The summed E-state index contributed by atoms with van der Waals surface area (Å²) < 4.78 is 5.77. The molecule has 1 aromatic carbocycles. The molecule has 0 heterocycles. The van der Waals surface area contributed by atoms with Crippen LogP contribution in [0.4, 0.5) is 0 Å². The zero-order valence-corrected chi connectivity index (χ0v) is 12.4. The summed E-state index contributed by atoms with van der Waals surface area (Å²) in [6, 6.07) is 8.88. The van der Waals surface area contributed by atoms with E-state index < -0.39 is 0 Å². The molecule has 2 heteroatoms. The number of hydrogen-bond donors (Lipinski definition) is 1. The Kier molecular flexibility index (Phi) is 6.20. The first-order chi connectivity index (χ1) is 8.62. The van der Waals surface area contributed by atoms with Gasteiger partial charge >= 0.3 is 0 Å². The Morgan fingerprint density at radius 3 is 2.33 bits per heavy atom. The lowest BCUT2D eigenvalue weighted by Crippen LogP contribution is -2.24. The lowest BCUT2D eigenvalue weighted by atomic mass is 9.89. The first-order valence-corrected chi connectivity index (χ1v) is 7.06. The van der Waals surface area contributed by atoms with Gasteiger partial charge in [0.1, 0.15) is 5.75 Å². The average Bonchev–Trinajstić information content (AvgIpc) is 2.35. The van der Waals surface area contributed by atoms with Crippen LogP contribution < -0.4 is 10.1 Å². The van der Waals surface area contributed by atoms with Crippen molar-refractivity contribution in [2.75, 3.05) is 7.05 Å². The summed E-state index contributed by atoms with van der Waals surface area (Å²) in [4.78, 5) is 0. The second-order valence-corrected chi connectivity index (χ2v) is 5.08. The monoisotopic (exact) mass is 249 g/mol. The van der Waals surface area contributed by atoms with Crippen molar-refractivity contribution in [2.45, 2.75) is 52.7 Å². The van der Waals surface area contributed by atoms with Crippen molar-refractivity contribution in [3.8, 4) is 5.75 Å². The minimum atomic E-state index is 0.224. The number of benzene rings is 1. The molecule has 0 amide bonds. The highest BCUT2D eigenvalue weighted by atomic mass is 16.5. The normalized spacial score (nSPS) is 13.1. The van der Waals surface area contributed by atoms with Crippen molar-refractivity contribution in [3.63, 3.8) is 0 Å². The molecule has 0 fully saturated rings. The van der Waals surface area contributed by atoms with Crippen LogP contribution in [0.25, 0.3) is 0 Å². The fraction of sp³-hybridized carbons (Fsp3) is 0.625. The number of rotatable bonds is 7. The third kappa shape index (κ3) is 4.02. The molecule has 0 radical (unpaired) electrons. The minimum Gasteiger partial charge on any atom is -0.491 e. The number of ether oxygens (including phenoxy) is 1. The molecule has 18 heavy (non-hydrogen) atoms. The largest absolute Gasteiger partial charge is 0.491 e. The molecule has 1 atom stereocenters. The van der Waals surface area contributed by atoms with Crippen LogP contribution in [-0.2, 0) is 0 Å². The fourth-order valence-electron chi connectivity index (χ4n) is 2.49. The predicted octanol–water partition coefficient (Wildman–Crippen LogP) is 4.17. The van der Waals surface area contributed by atoms with E-state index in [1.165, 1.54) is 18.4 Å². The van der Waals surface area contributed by atoms with Gasteiger partial charge < -0.3 is 10.1 Å². The second kappa shape index (κ2) is 7.42. The Balaban J connectivity index is 2.91. The van der Waals surface area contributed by atoms with Crippen LogP contribution in [0.15, 0.2) is 24.3 Å².